The van der Waals surface area contributed by atoms with E-state index < -0.39 is 24.1 Å². The number of carboxylic acids is 1. The topological polar surface area (TPSA) is 102 Å². The summed E-state index contributed by atoms with van der Waals surface area (Å²) in [6.07, 6.45) is -1.21. The lowest BCUT2D eigenvalue weighted by atomic mass is 9.90. The quantitative estimate of drug-likeness (QED) is 0.195. The summed E-state index contributed by atoms with van der Waals surface area (Å²) in [6, 6.07) is 31.5. The van der Waals surface area contributed by atoms with E-state index in [1.807, 2.05) is 91.0 Å². The van der Waals surface area contributed by atoms with Crippen LogP contribution in [-0.2, 0) is 9.53 Å². The number of aryl methyl sites for hydroxylation is 1. The third-order valence-electron chi connectivity index (χ3n) is 6.82. The largest absolute Gasteiger partial charge is 0.481 e. The Morgan fingerprint density at radius 2 is 1.39 bits per heavy atom. The van der Waals surface area contributed by atoms with Crippen LogP contribution >= 0.6 is 11.6 Å². The first-order valence-corrected chi connectivity index (χ1v) is 13.4. The first-order valence-electron chi connectivity index (χ1n) is 13.0. The maximum Gasteiger partial charge on any atom is 0.412 e. The van der Waals surface area contributed by atoms with Crippen LogP contribution < -0.4 is 5.32 Å². The molecule has 1 amide bonds. The van der Waals surface area contributed by atoms with E-state index in [1.54, 1.807) is 26.0 Å². The zero-order valence-electron chi connectivity index (χ0n) is 22.4. The first-order chi connectivity index (χ1) is 19.8. The van der Waals surface area contributed by atoms with Crippen LogP contribution in [0.5, 0.6) is 0 Å². The molecular formula is C33H27ClN2O5. The number of ether oxygens (including phenoxy) is 1. The average Bonchev–Trinajstić information content (AvgIpc) is 3.33. The Hall–Kier alpha value is -4.88. The van der Waals surface area contributed by atoms with Crippen molar-refractivity contribution in [2.75, 3.05) is 5.32 Å². The number of anilines is 1. The van der Waals surface area contributed by atoms with Gasteiger partial charge in [0, 0.05) is 16.1 Å². The fraction of sp³-hybridized carbons (Fsp3) is 0.121. The third kappa shape index (κ3) is 6.15. The minimum Gasteiger partial charge on any atom is -0.481 e. The van der Waals surface area contributed by atoms with Gasteiger partial charge in [-0.15, -0.1) is 0 Å². The Balaban J connectivity index is 1.31. The molecule has 2 atom stereocenters. The van der Waals surface area contributed by atoms with Crippen LogP contribution in [0.1, 0.15) is 41.3 Å². The second-order valence-electron chi connectivity index (χ2n) is 9.55. The summed E-state index contributed by atoms with van der Waals surface area (Å²) >= 11 is 6.23. The van der Waals surface area contributed by atoms with Gasteiger partial charge in [-0.1, -0.05) is 114 Å². The van der Waals surface area contributed by atoms with Crippen LogP contribution in [0.4, 0.5) is 10.5 Å². The molecule has 8 heteroatoms. The van der Waals surface area contributed by atoms with Crippen molar-refractivity contribution in [3.05, 3.63) is 131 Å². The van der Waals surface area contributed by atoms with E-state index in [2.05, 4.69) is 10.5 Å². The van der Waals surface area contributed by atoms with Gasteiger partial charge in [0.05, 0.1) is 0 Å². The summed E-state index contributed by atoms with van der Waals surface area (Å²) < 4.78 is 11.1. The predicted molar refractivity (Wildman–Crippen MR) is 158 cm³/mol. The van der Waals surface area contributed by atoms with Crippen LogP contribution in [0.15, 0.2) is 108 Å². The van der Waals surface area contributed by atoms with E-state index in [4.69, 9.17) is 20.9 Å². The minimum absolute atomic E-state index is 0.402. The number of carbonyl (C=O) groups is 2. The first kappa shape index (κ1) is 27.7. The van der Waals surface area contributed by atoms with Gasteiger partial charge in [-0.05, 0) is 42.2 Å². The van der Waals surface area contributed by atoms with E-state index in [-0.39, 0.29) is 0 Å². The summed E-state index contributed by atoms with van der Waals surface area (Å²) in [5, 5.41) is 17.1. The molecule has 0 spiro atoms. The maximum absolute atomic E-state index is 12.7. The SMILES string of the molecule is Cc1noc(-c2ccc(-c3ccc(C(C(=O)O)c4ccccc4)cc3)cc2)c1NC(=O)OC(C)c1ccccc1Cl. The molecule has 1 aromatic heterocycles. The second kappa shape index (κ2) is 12.1. The van der Waals surface area contributed by atoms with Gasteiger partial charge in [0.1, 0.15) is 23.4 Å². The van der Waals surface area contributed by atoms with Gasteiger partial charge in [0.2, 0.25) is 0 Å². The van der Waals surface area contributed by atoms with Crippen molar-refractivity contribution in [3.63, 3.8) is 0 Å². The fourth-order valence-electron chi connectivity index (χ4n) is 4.68. The molecule has 2 N–H and O–H groups in total. The maximum atomic E-state index is 12.7. The molecule has 0 bridgehead atoms. The Bertz CT molecular complexity index is 1660. The molecule has 41 heavy (non-hydrogen) atoms. The molecule has 0 saturated heterocycles. The summed E-state index contributed by atoms with van der Waals surface area (Å²) in [5.74, 6) is -1.24. The van der Waals surface area contributed by atoms with Gasteiger partial charge >= 0.3 is 12.1 Å². The molecule has 7 nitrogen and oxygen atoms in total. The number of rotatable bonds is 8. The Morgan fingerprint density at radius 3 is 2.02 bits per heavy atom. The smallest absolute Gasteiger partial charge is 0.412 e. The van der Waals surface area contributed by atoms with Crippen molar-refractivity contribution >= 4 is 29.4 Å². The van der Waals surface area contributed by atoms with Crippen LogP contribution in [0.2, 0.25) is 5.02 Å². The number of amides is 1. The molecule has 1 heterocycles. The summed E-state index contributed by atoms with van der Waals surface area (Å²) in [4.78, 5) is 24.7. The third-order valence-corrected chi connectivity index (χ3v) is 7.17. The highest BCUT2D eigenvalue weighted by molar-refractivity contribution is 6.31. The van der Waals surface area contributed by atoms with Gasteiger partial charge in [0.25, 0.3) is 0 Å². The van der Waals surface area contributed by atoms with Crippen molar-refractivity contribution in [2.24, 2.45) is 0 Å². The molecule has 206 valence electrons. The van der Waals surface area contributed by atoms with Gasteiger partial charge < -0.3 is 14.4 Å². The second-order valence-corrected chi connectivity index (χ2v) is 9.95. The molecule has 0 aliphatic heterocycles. The highest BCUT2D eigenvalue weighted by Gasteiger charge is 2.23. The molecule has 0 radical (unpaired) electrons. The lowest BCUT2D eigenvalue weighted by Crippen LogP contribution is -2.17. The van der Waals surface area contributed by atoms with Crippen molar-refractivity contribution in [1.29, 1.82) is 0 Å². The van der Waals surface area contributed by atoms with Gasteiger partial charge in [-0.2, -0.15) is 0 Å². The van der Waals surface area contributed by atoms with E-state index in [0.29, 0.717) is 33.3 Å². The molecular weight excluding hydrogens is 540 g/mol. The van der Waals surface area contributed by atoms with Crippen LogP contribution in [0.25, 0.3) is 22.5 Å². The van der Waals surface area contributed by atoms with E-state index in [9.17, 15) is 14.7 Å². The number of carbonyl (C=O) groups excluding carboxylic acids is 1. The zero-order valence-corrected chi connectivity index (χ0v) is 23.1. The van der Waals surface area contributed by atoms with E-state index in [0.717, 1.165) is 22.3 Å². The molecule has 5 aromatic rings. The monoisotopic (exact) mass is 566 g/mol. The lowest BCUT2D eigenvalue weighted by molar-refractivity contribution is -0.137. The van der Waals surface area contributed by atoms with Gasteiger partial charge in [-0.25, -0.2) is 4.79 Å². The standard InChI is InChI=1S/C33H27ClN2O5/c1-20-30(35-33(39)40-21(2)27-10-6-7-11-28(27)34)31(41-36-20)26-18-14-23(15-19-26)22-12-16-25(17-13-22)29(32(37)38)24-8-4-3-5-9-24/h3-19,21,29H,1-2H3,(H,35,39)(H,37,38). The molecule has 0 saturated carbocycles. The number of carboxylic acid groups (broad SMARTS) is 1. The van der Waals surface area contributed by atoms with Gasteiger partial charge in [0.15, 0.2) is 5.76 Å². The molecule has 5 rings (SSSR count). The van der Waals surface area contributed by atoms with Crippen molar-refractivity contribution in [1.82, 2.24) is 5.16 Å². The zero-order chi connectivity index (χ0) is 28.9. The lowest BCUT2D eigenvalue weighted by Gasteiger charge is -2.15. The predicted octanol–water partition coefficient (Wildman–Crippen LogP) is 8.50. The number of benzene rings is 4. The molecule has 4 aromatic carbocycles. The van der Waals surface area contributed by atoms with Crippen molar-refractivity contribution in [3.8, 4) is 22.5 Å². The molecule has 0 fully saturated rings. The summed E-state index contributed by atoms with van der Waals surface area (Å²) in [6.45, 7) is 3.48. The number of aromatic nitrogens is 1. The molecule has 0 aliphatic carbocycles. The van der Waals surface area contributed by atoms with Crippen LogP contribution in [0, 0.1) is 6.92 Å². The normalized spacial score (nSPS) is 12.4. The fourth-order valence-corrected chi connectivity index (χ4v) is 4.97. The average molecular weight is 567 g/mol. The highest BCUT2D eigenvalue weighted by Crippen LogP contribution is 2.34. The van der Waals surface area contributed by atoms with E-state index in [1.165, 1.54) is 0 Å². The number of nitrogens with one attached hydrogen (secondary N) is 1. The number of hydrogen-bond donors (Lipinski definition) is 2. The Labute approximate surface area is 242 Å². The molecule has 2 unspecified atom stereocenters. The number of nitrogens with zero attached hydrogens (tertiary/aromatic N) is 1. The van der Waals surface area contributed by atoms with Crippen LogP contribution in [-0.4, -0.2) is 22.3 Å². The minimum atomic E-state index is -0.901. The number of halogens is 1. The number of hydrogen-bond acceptors (Lipinski definition) is 5. The molecule has 0 aliphatic rings. The summed E-state index contributed by atoms with van der Waals surface area (Å²) in [7, 11) is 0. The summed E-state index contributed by atoms with van der Waals surface area (Å²) in [5.41, 5.74) is 5.64. The van der Waals surface area contributed by atoms with E-state index >= 15 is 0 Å². The Morgan fingerprint density at radius 1 is 0.829 bits per heavy atom. The Kier molecular flexibility index (Phi) is 8.17. The highest BCUT2D eigenvalue weighted by atomic mass is 35.5. The van der Waals surface area contributed by atoms with Crippen LogP contribution in [0.3, 0.4) is 0 Å². The van der Waals surface area contributed by atoms with Crippen molar-refractivity contribution < 1.29 is 24.0 Å². The number of aliphatic carboxylic acids is 1. The van der Waals surface area contributed by atoms with Crippen molar-refractivity contribution in [2.45, 2.75) is 25.9 Å². The van der Waals surface area contributed by atoms with Gasteiger partial charge in [-0.3, -0.25) is 10.1 Å².